The standard InChI is InChI=1S/C12H19N3O2S2/c1-8-6-15(7-9(2)18-8)10-3-4-12(11(13)5-10)19(14,16)17/h3-5,8-9H,6-7,13H2,1-2H3,(H2,14,16,17). The lowest BCUT2D eigenvalue weighted by molar-refractivity contribution is 0.598. The molecule has 1 fully saturated rings. The van der Waals surface area contributed by atoms with Crippen LogP contribution in [0.3, 0.4) is 0 Å². The van der Waals surface area contributed by atoms with Crippen LogP contribution in [-0.4, -0.2) is 32.0 Å². The minimum Gasteiger partial charge on any atom is -0.398 e. The number of nitrogens with zero attached hydrogens (tertiary/aromatic N) is 1. The van der Waals surface area contributed by atoms with E-state index in [4.69, 9.17) is 10.9 Å². The van der Waals surface area contributed by atoms with E-state index in [0.717, 1.165) is 18.8 Å². The molecule has 19 heavy (non-hydrogen) atoms. The summed E-state index contributed by atoms with van der Waals surface area (Å²) in [5, 5.41) is 6.19. The van der Waals surface area contributed by atoms with Crippen molar-refractivity contribution in [1.82, 2.24) is 0 Å². The Hall–Kier alpha value is -0.920. The normalized spacial score (nSPS) is 24.5. The highest BCUT2D eigenvalue weighted by atomic mass is 32.2. The minimum absolute atomic E-state index is 0.0104. The van der Waals surface area contributed by atoms with E-state index in [0.29, 0.717) is 10.5 Å². The molecule has 0 saturated carbocycles. The maximum atomic E-state index is 11.3. The van der Waals surface area contributed by atoms with E-state index in [-0.39, 0.29) is 10.6 Å². The summed E-state index contributed by atoms with van der Waals surface area (Å²) >= 11 is 1.96. The topological polar surface area (TPSA) is 89.4 Å². The van der Waals surface area contributed by atoms with Crippen molar-refractivity contribution < 1.29 is 8.42 Å². The van der Waals surface area contributed by atoms with Crippen LogP contribution in [0.2, 0.25) is 0 Å². The summed E-state index contributed by atoms with van der Waals surface area (Å²) in [6, 6.07) is 4.94. The van der Waals surface area contributed by atoms with Crippen molar-refractivity contribution in [3.8, 4) is 0 Å². The van der Waals surface area contributed by atoms with E-state index < -0.39 is 10.0 Å². The van der Waals surface area contributed by atoms with Crippen LogP contribution in [-0.2, 0) is 10.0 Å². The van der Waals surface area contributed by atoms with Crippen molar-refractivity contribution in [3.63, 3.8) is 0 Å². The Morgan fingerprint density at radius 3 is 2.32 bits per heavy atom. The molecule has 1 saturated heterocycles. The molecule has 7 heteroatoms. The number of rotatable bonds is 2. The summed E-state index contributed by atoms with van der Waals surface area (Å²) in [5.41, 5.74) is 6.95. The maximum Gasteiger partial charge on any atom is 0.240 e. The van der Waals surface area contributed by atoms with Gasteiger partial charge in [-0.2, -0.15) is 11.8 Å². The van der Waals surface area contributed by atoms with Crippen molar-refractivity contribution in [1.29, 1.82) is 0 Å². The van der Waals surface area contributed by atoms with Crippen molar-refractivity contribution in [3.05, 3.63) is 18.2 Å². The van der Waals surface area contributed by atoms with Gasteiger partial charge in [0, 0.05) is 29.3 Å². The van der Waals surface area contributed by atoms with Crippen molar-refractivity contribution in [2.45, 2.75) is 29.2 Å². The van der Waals surface area contributed by atoms with Gasteiger partial charge in [0.2, 0.25) is 10.0 Å². The van der Waals surface area contributed by atoms with E-state index in [9.17, 15) is 8.42 Å². The highest BCUT2D eigenvalue weighted by molar-refractivity contribution is 8.00. The van der Waals surface area contributed by atoms with Gasteiger partial charge >= 0.3 is 0 Å². The van der Waals surface area contributed by atoms with Crippen molar-refractivity contribution in [2.75, 3.05) is 23.7 Å². The highest BCUT2D eigenvalue weighted by Crippen LogP contribution is 2.30. The number of sulfonamides is 1. The van der Waals surface area contributed by atoms with Crippen LogP contribution in [0.5, 0.6) is 0 Å². The maximum absolute atomic E-state index is 11.3. The number of primary sulfonamides is 1. The molecule has 0 bridgehead atoms. The lowest BCUT2D eigenvalue weighted by atomic mass is 10.2. The molecule has 5 nitrogen and oxygen atoms in total. The van der Waals surface area contributed by atoms with Gasteiger partial charge in [-0.15, -0.1) is 0 Å². The van der Waals surface area contributed by atoms with Gasteiger partial charge in [-0.1, -0.05) is 13.8 Å². The molecule has 4 N–H and O–H groups in total. The van der Waals surface area contributed by atoms with Gasteiger partial charge < -0.3 is 10.6 Å². The first-order valence-electron chi connectivity index (χ1n) is 6.10. The number of thioether (sulfide) groups is 1. The van der Waals surface area contributed by atoms with Crippen molar-refractivity contribution >= 4 is 33.2 Å². The quantitative estimate of drug-likeness (QED) is 0.802. The molecular formula is C12H19N3O2S2. The van der Waals surface area contributed by atoms with E-state index >= 15 is 0 Å². The molecule has 0 aliphatic carbocycles. The number of hydrogen-bond donors (Lipinski definition) is 2. The second kappa shape index (κ2) is 5.22. The Kier molecular flexibility index (Phi) is 3.98. The lowest BCUT2D eigenvalue weighted by Gasteiger charge is -2.36. The van der Waals surface area contributed by atoms with Gasteiger partial charge in [-0.25, -0.2) is 13.6 Å². The predicted octanol–water partition coefficient (Wildman–Crippen LogP) is 1.25. The van der Waals surface area contributed by atoms with Crippen LogP contribution in [0.25, 0.3) is 0 Å². The van der Waals surface area contributed by atoms with Gasteiger partial charge in [0.05, 0.1) is 5.69 Å². The summed E-state index contributed by atoms with van der Waals surface area (Å²) in [5.74, 6) is 0. The fourth-order valence-electron chi connectivity index (χ4n) is 2.38. The third-order valence-corrected chi connectivity index (χ3v) is 5.30. The van der Waals surface area contributed by atoms with E-state index in [1.54, 1.807) is 12.1 Å². The van der Waals surface area contributed by atoms with Crippen LogP contribution in [0, 0.1) is 0 Å². The fraction of sp³-hybridized carbons (Fsp3) is 0.500. The van der Waals surface area contributed by atoms with Crippen LogP contribution in [0.15, 0.2) is 23.1 Å². The number of hydrogen-bond acceptors (Lipinski definition) is 5. The Morgan fingerprint density at radius 2 is 1.84 bits per heavy atom. The number of nitrogen functional groups attached to an aromatic ring is 1. The first kappa shape index (κ1) is 14.5. The predicted molar refractivity (Wildman–Crippen MR) is 81.0 cm³/mol. The Bertz CT molecular complexity index is 564. The minimum atomic E-state index is -3.75. The molecule has 0 aromatic heterocycles. The Balaban J connectivity index is 2.30. The largest absolute Gasteiger partial charge is 0.398 e. The molecule has 2 rings (SSSR count). The molecular weight excluding hydrogens is 282 g/mol. The first-order valence-corrected chi connectivity index (χ1v) is 8.59. The van der Waals surface area contributed by atoms with E-state index in [2.05, 4.69) is 18.7 Å². The smallest absolute Gasteiger partial charge is 0.240 e. The highest BCUT2D eigenvalue weighted by Gasteiger charge is 2.23. The number of nitrogens with two attached hydrogens (primary N) is 2. The molecule has 106 valence electrons. The molecule has 0 amide bonds. The van der Waals surface area contributed by atoms with Crippen LogP contribution in [0.4, 0.5) is 11.4 Å². The zero-order chi connectivity index (χ0) is 14.2. The zero-order valence-electron chi connectivity index (χ0n) is 11.0. The van der Waals surface area contributed by atoms with Gasteiger partial charge in [-0.05, 0) is 18.2 Å². The third kappa shape index (κ3) is 3.34. The molecule has 2 unspecified atom stereocenters. The van der Waals surface area contributed by atoms with Gasteiger partial charge in [0.1, 0.15) is 4.90 Å². The third-order valence-electron chi connectivity index (χ3n) is 3.08. The monoisotopic (exact) mass is 301 g/mol. The second-order valence-corrected chi connectivity index (χ2v) is 8.34. The molecule has 0 radical (unpaired) electrons. The van der Waals surface area contributed by atoms with E-state index in [1.165, 1.54) is 6.07 Å². The van der Waals surface area contributed by atoms with Crippen LogP contribution in [0.1, 0.15) is 13.8 Å². The number of benzene rings is 1. The van der Waals surface area contributed by atoms with Gasteiger partial charge in [-0.3, -0.25) is 0 Å². The molecule has 0 spiro atoms. The zero-order valence-corrected chi connectivity index (χ0v) is 12.7. The average Bonchev–Trinajstić information content (AvgIpc) is 2.25. The average molecular weight is 301 g/mol. The summed E-state index contributed by atoms with van der Waals surface area (Å²) < 4.78 is 22.7. The molecule has 2 atom stereocenters. The first-order chi connectivity index (χ1) is 8.77. The summed E-state index contributed by atoms with van der Waals surface area (Å²) in [6.45, 7) is 6.25. The van der Waals surface area contributed by atoms with Crippen molar-refractivity contribution in [2.24, 2.45) is 5.14 Å². The van der Waals surface area contributed by atoms with Crippen LogP contribution < -0.4 is 15.8 Å². The fourth-order valence-corrected chi connectivity index (χ4v) is 4.35. The molecule has 1 aliphatic rings. The SMILES string of the molecule is CC1CN(c2ccc(S(N)(=O)=O)c(N)c2)CC(C)S1. The summed E-state index contributed by atoms with van der Waals surface area (Å²) in [6.07, 6.45) is 0. The molecule has 1 aliphatic heterocycles. The van der Waals surface area contributed by atoms with E-state index in [1.807, 2.05) is 11.8 Å². The second-order valence-electron chi connectivity index (χ2n) is 4.93. The Labute approximate surface area is 118 Å². The summed E-state index contributed by atoms with van der Waals surface area (Å²) in [7, 11) is -3.75. The molecule has 1 aromatic carbocycles. The molecule has 1 aromatic rings. The number of anilines is 2. The summed E-state index contributed by atoms with van der Waals surface area (Å²) in [4.78, 5) is 2.22. The lowest BCUT2D eigenvalue weighted by Crippen LogP contribution is -2.40. The van der Waals surface area contributed by atoms with Gasteiger partial charge in [0.15, 0.2) is 0 Å². The molecule has 1 heterocycles. The van der Waals surface area contributed by atoms with Crippen LogP contribution >= 0.6 is 11.8 Å². The Morgan fingerprint density at radius 1 is 1.26 bits per heavy atom. The van der Waals surface area contributed by atoms with Gasteiger partial charge in [0.25, 0.3) is 0 Å².